The molecule has 2 N–H and O–H groups in total. The second-order valence-electron chi connectivity index (χ2n) is 4.99. The maximum Gasteiger partial charge on any atom is 0.488 e. The van der Waals surface area contributed by atoms with Gasteiger partial charge in [-0.3, -0.25) is 4.90 Å². The average Bonchev–Trinajstić information content (AvgIpc) is 2.48. The van der Waals surface area contributed by atoms with E-state index in [-0.39, 0.29) is 0 Å². The molecule has 2 rings (SSSR count). The van der Waals surface area contributed by atoms with Gasteiger partial charge in [-0.25, -0.2) is 0 Å². The van der Waals surface area contributed by atoms with E-state index < -0.39 is 7.12 Å². The predicted octanol–water partition coefficient (Wildman–Crippen LogP) is 0.573. The lowest BCUT2D eigenvalue weighted by molar-refractivity contribution is 0.212. The van der Waals surface area contributed by atoms with Crippen LogP contribution in [0.25, 0.3) is 0 Å². The van der Waals surface area contributed by atoms with Gasteiger partial charge in [0.25, 0.3) is 0 Å². The molecule has 20 heavy (non-hydrogen) atoms. The molecule has 110 valence electrons. The molecule has 1 fully saturated rings. The van der Waals surface area contributed by atoms with Crippen molar-refractivity contribution in [3.63, 3.8) is 0 Å². The second kappa shape index (κ2) is 7.93. The zero-order valence-electron chi connectivity index (χ0n) is 11.9. The molecule has 0 amide bonds. The van der Waals surface area contributed by atoms with Gasteiger partial charge in [0, 0.05) is 30.6 Å². The highest BCUT2D eigenvalue weighted by atomic mass is 32.2. The summed E-state index contributed by atoms with van der Waals surface area (Å²) in [5.74, 6) is 1.98. The van der Waals surface area contributed by atoms with Gasteiger partial charge in [-0.2, -0.15) is 11.8 Å². The molecule has 1 heterocycles. The van der Waals surface area contributed by atoms with E-state index >= 15 is 0 Å². The van der Waals surface area contributed by atoms with Crippen LogP contribution in [-0.2, 0) is 0 Å². The third-order valence-corrected chi connectivity index (χ3v) is 4.90. The molecule has 0 spiro atoms. The molecule has 1 aromatic rings. The van der Waals surface area contributed by atoms with E-state index in [1.807, 2.05) is 0 Å². The molecule has 6 heteroatoms. The summed E-state index contributed by atoms with van der Waals surface area (Å²) in [4.78, 5) is 2.45. The van der Waals surface area contributed by atoms with Crippen LogP contribution in [-0.4, -0.2) is 59.3 Å². The Bertz CT molecular complexity index is 402. The van der Waals surface area contributed by atoms with Gasteiger partial charge in [0.15, 0.2) is 0 Å². The van der Waals surface area contributed by atoms with Crippen LogP contribution in [0.15, 0.2) is 24.3 Å². The van der Waals surface area contributed by atoms with Gasteiger partial charge in [0.2, 0.25) is 0 Å². The van der Waals surface area contributed by atoms with Gasteiger partial charge >= 0.3 is 7.12 Å². The molecular weight excluding hydrogens is 273 g/mol. The molecule has 0 saturated carbocycles. The van der Waals surface area contributed by atoms with Crippen molar-refractivity contribution in [3.05, 3.63) is 24.3 Å². The molecule has 1 saturated heterocycles. The van der Waals surface area contributed by atoms with Crippen LogP contribution in [0.3, 0.4) is 0 Å². The van der Waals surface area contributed by atoms with Crippen LogP contribution in [0.5, 0.6) is 5.75 Å². The van der Waals surface area contributed by atoms with Crippen molar-refractivity contribution < 1.29 is 14.8 Å². The molecular formula is C14H22BNO3S. The number of rotatable bonds is 6. The van der Waals surface area contributed by atoms with Crippen LogP contribution in [0, 0.1) is 0 Å². The summed E-state index contributed by atoms with van der Waals surface area (Å²) in [7, 11) is -1.42. The van der Waals surface area contributed by atoms with E-state index in [0.29, 0.717) is 12.1 Å². The first kappa shape index (κ1) is 15.7. The van der Waals surface area contributed by atoms with Gasteiger partial charge in [0.05, 0.1) is 0 Å². The fraction of sp³-hybridized carbons (Fsp3) is 0.571. The molecule has 0 radical (unpaired) electrons. The smallest absolute Gasteiger partial charge is 0.488 e. The molecule has 1 atom stereocenters. The highest BCUT2D eigenvalue weighted by Gasteiger charge is 2.18. The standard InChI is InChI=1S/C14H22BNO3S/c1-2-14-11-16(8-10-20-14)7-9-19-13-5-3-12(4-6-13)15(17)18/h3-6,14,17-18H,2,7-11H2,1H3. The molecule has 1 aliphatic rings. The topological polar surface area (TPSA) is 52.9 Å². The largest absolute Gasteiger partial charge is 0.492 e. The van der Waals surface area contributed by atoms with Crippen molar-refractivity contribution in [2.45, 2.75) is 18.6 Å². The second-order valence-corrected chi connectivity index (χ2v) is 6.40. The van der Waals surface area contributed by atoms with E-state index in [1.165, 1.54) is 12.2 Å². The van der Waals surface area contributed by atoms with Gasteiger partial charge < -0.3 is 14.8 Å². The monoisotopic (exact) mass is 295 g/mol. The zero-order valence-corrected chi connectivity index (χ0v) is 12.7. The molecule has 4 nitrogen and oxygen atoms in total. The van der Waals surface area contributed by atoms with E-state index in [9.17, 15) is 0 Å². The van der Waals surface area contributed by atoms with E-state index in [2.05, 4.69) is 23.6 Å². The first-order valence-corrected chi connectivity index (χ1v) is 8.16. The maximum atomic E-state index is 9.02. The number of thioether (sulfide) groups is 1. The SMILES string of the molecule is CCC1CN(CCOc2ccc(B(O)O)cc2)CCS1. The Labute approximate surface area is 125 Å². The highest BCUT2D eigenvalue weighted by Crippen LogP contribution is 2.20. The Morgan fingerprint density at radius 1 is 1.35 bits per heavy atom. The minimum atomic E-state index is -1.42. The van der Waals surface area contributed by atoms with Crippen LogP contribution in [0.4, 0.5) is 0 Å². The number of hydrogen-bond donors (Lipinski definition) is 2. The van der Waals surface area contributed by atoms with Gasteiger partial charge in [0.1, 0.15) is 12.4 Å². The zero-order chi connectivity index (χ0) is 14.4. The molecule has 1 unspecified atom stereocenters. The summed E-state index contributed by atoms with van der Waals surface area (Å²) in [5, 5.41) is 18.8. The normalized spacial score (nSPS) is 19.9. The van der Waals surface area contributed by atoms with Gasteiger partial charge in [-0.15, -0.1) is 0 Å². The average molecular weight is 295 g/mol. The van der Waals surface area contributed by atoms with E-state index in [1.54, 1.807) is 24.3 Å². The van der Waals surface area contributed by atoms with Crippen LogP contribution in [0.1, 0.15) is 13.3 Å². The van der Waals surface area contributed by atoms with Gasteiger partial charge in [-0.1, -0.05) is 19.1 Å². The van der Waals surface area contributed by atoms with Crippen molar-refractivity contribution in [3.8, 4) is 5.75 Å². The summed E-state index contributed by atoms with van der Waals surface area (Å²) in [5.41, 5.74) is 0.483. The lowest BCUT2D eigenvalue weighted by Gasteiger charge is -2.31. The van der Waals surface area contributed by atoms with Crippen LogP contribution < -0.4 is 10.2 Å². The number of benzene rings is 1. The summed E-state index contributed by atoms with van der Waals surface area (Å²) in [6.07, 6.45) is 1.23. The van der Waals surface area contributed by atoms with E-state index in [4.69, 9.17) is 14.8 Å². The summed E-state index contributed by atoms with van der Waals surface area (Å²) in [6, 6.07) is 6.89. The minimum Gasteiger partial charge on any atom is -0.492 e. The summed E-state index contributed by atoms with van der Waals surface area (Å²) >= 11 is 2.07. The third kappa shape index (κ3) is 4.70. The lowest BCUT2D eigenvalue weighted by Crippen LogP contribution is -2.39. The fourth-order valence-corrected chi connectivity index (χ4v) is 3.51. The molecule has 0 bridgehead atoms. The lowest BCUT2D eigenvalue weighted by atomic mass is 9.80. The Kier molecular flexibility index (Phi) is 6.22. The van der Waals surface area contributed by atoms with Crippen molar-refractivity contribution in [1.82, 2.24) is 4.90 Å². The van der Waals surface area contributed by atoms with Crippen molar-refractivity contribution >= 4 is 24.3 Å². The summed E-state index contributed by atoms with van der Waals surface area (Å²) in [6.45, 7) is 6.15. The maximum absolute atomic E-state index is 9.02. The molecule has 0 aromatic heterocycles. The van der Waals surface area contributed by atoms with Crippen molar-refractivity contribution in [2.75, 3.05) is 32.0 Å². The number of nitrogens with zero attached hydrogens (tertiary/aromatic N) is 1. The number of hydrogen-bond acceptors (Lipinski definition) is 5. The summed E-state index contributed by atoms with van der Waals surface area (Å²) < 4.78 is 5.70. The molecule has 1 aliphatic heterocycles. The highest BCUT2D eigenvalue weighted by molar-refractivity contribution is 8.00. The van der Waals surface area contributed by atoms with Crippen LogP contribution in [0.2, 0.25) is 0 Å². The van der Waals surface area contributed by atoms with Crippen molar-refractivity contribution in [2.24, 2.45) is 0 Å². The Hall–Kier alpha value is -0.685. The predicted molar refractivity (Wildman–Crippen MR) is 84.7 cm³/mol. The minimum absolute atomic E-state index is 0.483. The molecule has 0 aliphatic carbocycles. The Morgan fingerprint density at radius 2 is 2.10 bits per heavy atom. The van der Waals surface area contributed by atoms with Crippen LogP contribution >= 0.6 is 11.8 Å². The quantitative estimate of drug-likeness (QED) is 0.752. The Morgan fingerprint density at radius 3 is 2.75 bits per heavy atom. The number of ether oxygens (including phenoxy) is 1. The first-order valence-electron chi connectivity index (χ1n) is 7.12. The first-order chi connectivity index (χ1) is 9.69. The fourth-order valence-electron chi connectivity index (χ4n) is 2.26. The Balaban J connectivity index is 1.72. The van der Waals surface area contributed by atoms with E-state index in [0.717, 1.165) is 30.6 Å². The van der Waals surface area contributed by atoms with Gasteiger partial charge in [-0.05, 0) is 24.0 Å². The third-order valence-electron chi connectivity index (χ3n) is 3.53. The van der Waals surface area contributed by atoms with Crippen molar-refractivity contribution in [1.29, 1.82) is 0 Å². The molecule has 1 aromatic carbocycles.